The van der Waals surface area contributed by atoms with Crippen molar-refractivity contribution in [1.82, 2.24) is 15.1 Å². The molecule has 1 heterocycles. The van der Waals surface area contributed by atoms with Gasteiger partial charge in [0.1, 0.15) is 0 Å². The molecule has 1 aromatic carbocycles. The molecule has 0 radical (unpaired) electrons. The van der Waals surface area contributed by atoms with Crippen molar-refractivity contribution in [2.75, 3.05) is 40.3 Å². The standard InChI is InChI=1S/C18H28BrN3O/c1-21(2)10-5-9-20-18(23)16-7-4-11-22(14-16)13-15-6-3-8-17(19)12-15/h3,6,8,12,16H,4-5,7,9-11,13-14H2,1-2H3,(H,20,23). The second-order valence-corrected chi connectivity index (χ2v) is 7.57. The molecule has 1 N–H and O–H groups in total. The predicted octanol–water partition coefficient (Wildman–Crippen LogP) is 2.73. The highest BCUT2D eigenvalue weighted by Gasteiger charge is 2.25. The van der Waals surface area contributed by atoms with E-state index in [2.05, 4.69) is 63.3 Å². The molecule has 1 aromatic rings. The molecule has 1 aliphatic heterocycles. The molecule has 128 valence electrons. The number of piperidine rings is 1. The number of halogens is 1. The van der Waals surface area contributed by atoms with E-state index in [4.69, 9.17) is 0 Å². The lowest BCUT2D eigenvalue weighted by atomic mass is 9.96. The first-order valence-electron chi connectivity index (χ1n) is 8.44. The van der Waals surface area contributed by atoms with Crippen LogP contribution in [-0.4, -0.2) is 56.0 Å². The van der Waals surface area contributed by atoms with E-state index in [1.54, 1.807) is 0 Å². The molecule has 0 saturated carbocycles. The zero-order valence-electron chi connectivity index (χ0n) is 14.2. The van der Waals surface area contributed by atoms with Gasteiger partial charge in [0.15, 0.2) is 0 Å². The number of nitrogens with zero attached hydrogens (tertiary/aromatic N) is 2. The number of benzene rings is 1. The molecule has 0 aromatic heterocycles. The molecular weight excluding hydrogens is 354 g/mol. The van der Waals surface area contributed by atoms with Crippen LogP contribution in [-0.2, 0) is 11.3 Å². The zero-order valence-corrected chi connectivity index (χ0v) is 15.8. The first-order valence-corrected chi connectivity index (χ1v) is 9.23. The fourth-order valence-corrected chi connectivity index (χ4v) is 3.50. The van der Waals surface area contributed by atoms with Gasteiger partial charge in [-0.15, -0.1) is 0 Å². The number of carbonyl (C=O) groups excluding carboxylic acids is 1. The molecule has 1 saturated heterocycles. The molecule has 2 rings (SSSR count). The maximum Gasteiger partial charge on any atom is 0.224 e. The average Bonchev–Trinajstić information content (AvgIpc) is 2.51. The molecule has 0 aliphatic carbocycles. The molecule has 23 heavy (non-hydrogen) atoms. The van der Waals surface area contributed by atoms with E-state index in [1.807, 2.05) is 6.07 Å². The minimum atomic E-state index is 0.134. The summed E-state index contributed by atoms with van der Waals surface area (Å²) in [6, 6.07) is 8.42. The van der Waals surface area contributed by atoms with Gasteiger partial charge < -0.3 is 10.2 Å². The van der Waals surface area contributed by atoms with Crippen LogP contribution in [0.2, 0.25) is 0 Å². The van der Waals surface area contributed by atoms with Crippen LogP contribution in [0, 0.1) is 5.92 Å². The molecule has 5 heteroatoms. The maximum atomic E-state index is 12.3. The number of rotatable bonds is 7. The van der Waals surface area contributed by atoms with E-state index in [1.165, 1.54) is 5.56 Å². The summed E-state index contributed by atoms with van der Waals surface area (Å²) in [7, 11) is 4.12. The lowest BCUT2D eigenvalue weighted by molar-refractivity contribution is -0.126. The molecule has 1 atom stereocenters. The van der Waals surface area contributed by atoms with E-state index in [0.717, 1.165) is 56.5 Å². The third-order valence-corrected chi connectivity index (χ3v) is 4.75. The Hall–Kier alpha value is -0.910. The van der Waals surface area contributed by atoms with Crippen LogP contribution in [0.15, 0.2) is 28.7 Å². The summed E-state index contributed by atoms with van der Waals surface area (Å²) in [4.78, 5) is 16.9. The molecule has 0 bridgehead atoms. The quantitative estimate of drug-likeness (QED) is 0.737. The summed E-state index contributed by atoms with van der Waals surface area (Å²) in [5, 5.41) is 3.10. The number of amides is 1. The van der Waals surface area contributed by atoms with Crippen molar-refractivity contribution in [2.45, 2.75) is 25.8 Å². The first-order chi connectivity index (χ1) is 11.0. The lowest BCUT2D eigenvalue weighted by Gasteiger charge is -2.32. The number of nitrogens with one attached hydrogen (secondary N) is 1. The van der Waals surface area contributed by atoms with Crippen molar-refractivity contribution in [3.8, 4) is 0 Å². The van der Waals surface area contributed by atoms with Crippen molar-refractivity contribution in [3.63, 3.8) is 0 Å². The monoisotopic (exact) mass is 381 g/mol. The zero-order chi connectivity index (χ0) is 16.7. The number of carbonyl (C=O) groups is 1. The minimum absolute atomic E-state index is 0.134. The Balaban J connectivity index is 1.77. The van der Waals surface area contributed by atoms with Gasteiger partial charge in [-0.1, -0.05) is 28.1 Å². The molecule has 0 spiro atoms. The molecule has 1 unspecified atom stereocenters. The fourth-order valence-electron chi connectivity index (χ4n) is 3.06. The van der Waals surface area contributed by atoms with Crippen molar-refractivity contribution in [1.29, 1.82) is 0 Å². The Morgan fingerprint density at radius 3 is 3.00 bits per heavy atom. The van der Waals surface area contributed by atoms with Crippen LogP contribution in [0.25, 0.3) is 0 Å². The highest BCUT2D eigenvalue weighted by molar-refractivity contribution is 9.10. The van der Waals surface area contributed by atoms with Crippen molar-refractivity contribution in [2.24, 2.45) is 5.92 Å². The highest BCUT2D eigenvalue weighted by atomic mass is 79.9. The van der Waals surface area contributed by atoms with Crippen LogP contribution in [0.3, 0.4) is 0 Å². The normalized spacial score (nSPS) is 19.0. The first kappa shape index (κ1) is 18.4. The lowest BCUT2D eigenvalue weighted by Crippen LogP contribution is -2.43. The second kappa shape index (κ2) is 9.40. The maximum absolute atomic E-state index is 12.3. The smallest absolute Gasteiger partial charge is 0.224 e. The van der Waals surface area contributed by atoms with Crippen LogP contribution in [0.5, 0.6) is 0 Å². The molecule has 1 amide bonds. The highest BCUT2D eigenvalue weighted by Crippen LogP contribution is 2.20. The topological polar surface area (TPSA) is 35.6 Å². The van der Waals surface area contributed by atoms with Gasteiger partial charge in [-0.2, -0.15) is 0 Å². The Bertz CT molecular complexity index is 507. The second-order valence-electron chi connectivity index (χ2n) is 6.65. The largest absolute Gasteiger partial charge is 0.356 e. The van der Waals surface area contributed by atoms with E-state index in [-0.39, 0.29) is 11.8 Å². The van der Waals surface area contributed by atoms with Gasteiger partial charge in [-0.05, 0) is 64.1 Å². The van der Waals surface area contributed by atoms with Crippen molar-refractivity contribution in [3.05, 3.63) is 34.3 Å². The van der Waals surface area contributed by atoms with Gasteiger partial charge in [-0.3, -0.25) is 9.69 Å². The van der Waals surface area contributed by atoms with Crippen molar-refractivity contribution < 1.29 is 4.79 Å². The average molecular weight is 382 g/mol. The van der Waals surface area contributed by atoms with E-state index >= 15 is 0 Å². The Morgan fingerprint density at radius 2 is 2.26 bits per heavy atom. The van der Waals surface area contributed by atoms with Crippen LogP contribution >= 0.6 is 15.9 Å². The molecule has 4 nitrogen and oxygen atoms in total. The Labute approximate surface area is 148 Å². The molecule has 1 aliphatic rings. The van der Waals surface area contributed by atoms with Crippen molar-refractivity contribution >= 4 is 21.8 Å². The summed E-state index contributed by atoms with van der Waals surface area (Å²) < 4.78 is 1.11. The van der Waals surface area contributed by atoms with E-state index in [0.29, 0.717) is 0 Å². The van der Waals surface area contributed by atoms with Gasteiger partial charge in [-0.25, -0.2) is 0 Å². The fraction of sp³-hybridized carbons (Fsp3) is 0.611. The van der Waals surface area contributed by atoms with Gasteiger partial charge in [0.05, 0.1) is 5.92 Å². The number of likely N-dealkylation sites (tertiary alicyclic amines) is 1. The summed E-state index contributed by atoms with van der Waals surface area (Å²) in [5.41, 5.74) is 1.30. The van der Waals surface area contributed by atoms with E-state index in [9.17, 15) is 4.79 Å². The third-order valence-electron chi connectivity index (χ3n) is 4.25. The molecular formula is C18H28BrN3O. The summed E-state index contributed by atoms with van der Waals surface area (Å²) in [6.45, 7) is 4.66. The third kappa shape index (κ3) is 6.61. The molecule has 1 fully saturated rings. The van der Waals surface area contributed by atoms with Gasteiger partial charge >= 0.3 is 0 Å². The number of hydrogen-bond donors (Lipinski definition) is 1. The Kier molecular flexibility index (Phi) is 7.53. The number of hydrogen-bond acceptors (Lipinski definition) is 3. The van der Waals surface area contributed by atoms with Crippen LogP contribution in [0.4, 0.5) is 0 Å². The Morgan fingerprint density at radius 1 is 1.43 bits per heavy atom. The summed E-state index contributed by atoms with van der Waals surface area (Å²) in [6.07, 6.45) is 3.12. The summed E-state index contributed by atoms with van der Waals surface area (Å²) >= 11 is 3.52. The van der Waals surface area contributed by atoms with Gasteiger partial charge in [0, 0.05) is 24.1 Å². The summed E-state index contributed by atoms with van der Waals surface area (Å²) in [5.74, 6) is 0.359. The van der Waals surface area contributed by atoms with Crippen LogP contribution in [0.1, 0.15) is 24.8 Å². The van der Waals surface area contributed by atoms with E-state index < -0.39 is 0 Å². The predicted molar refractivity (Wildman–Crippen MR) is 98.3 cm³/mol. The SMILES string of the molecule is CN(C)CCCNC(=O)C1CCCN(Cc2cccc(Br)c2)C1. The van der Waals surface area contributed by atoms with Gasteiger partial charge in [0.2, 0.25) is 5.91 Å². The van der Waals surface area contributed by atoms with Crippen LogP contribution < -0.4 is 5.32 Å². The minimum Gasteiger partial charge on any atom is -0.356 e. The van der Waals surface area contributed by atoms with Gasteiger partial charge in [0.25, 0.3) is 0 Å².